The standard InChI is InChI=1S/C16H26N6/c1-17-15(20-14-6-3-2-4-7-14)21-10-12-22(13-11-21)16-18-8-5-9-19-16/h5,8-9,14H,2-4,6-7,10-13H2,1H3,(H,17,20). The summed E-state index contributed by atoms with van der Waals surface area (Å²) in [5.41, 5.74) is 0. The first kappa shape index (κ1) is 15.1. The number of rotatable bonds is 2. The zero-order valence-electron chi connectivity index (χ0n) is 13.4. The van der Waals surface area contributed by atoms with Gasteiger partial charge in [-0.25, -0.2) is 9.97 Å². The molecule has 1 N–H and O–H groups in total. The average molecular weight is 302 g/mol. The Balaban J connectivity index is 1.53. The topological polar surface area (TPSA) is 56.7 Å². The van der Waals surface area contributed by atoms with Crippen molar-refractivity contribution in [3.05, 3.63) is 18.5 Å². The molecular formula is C16H26N6. The summed E-state index contributed by atoms with van der Waals surface area (Å²) in [6.45, 7) is 3.81. The van der Waals surface area contributed by atoms with Crippen LogP contribution in [0, 0.1) is 0 Å². The van der Waals surface area contributed by atoms with Gasteiger partial charge in [-0.3, -0.25) is 4.99 Å². The van der Waals surface area contributed by atoms with Crippen LogP contribution < -0.4 is 10.2 Å². The number of hydrogen-bond donors (Lipinski definition) is 1. The number of aromatic nitrogens is 2. The third-order valence-corrected chi connectivity index (χ3v) is 4.56. The lowest BCUT2D eigenvalue weighted by Gasteiger charge is -2.38. The summed E-state index contributed by atoms with van der Waals surface area (Å²) in [5, 5.41) is 3.66. The summed E-state index contributed by atoms with van der Waals surface area (Å²) in [6, 6.07) is 2.46. The smallest absolute Gasteiger partial charge is 0.225 e. The number of nitrogens with zero attached hydrogens (tertiary/aromatic N) is 5. The third kappa shape index (κ3) is 3.67. The lowest BCUT2D eigenvalue weighted by molar-refractivity contribution is 0.346. The normalized spacial score (nSPS) is 21.0. The van der Waals surface area contributed by atoms with Gasteiger partial charge in [-0.15, -0.1) is 0 Å². The molecule has 2 aliphatic rings. The first-order chi connectivity index (χ1) is 10.9. The molecule has 0 amide bonds. The number of hydrogen-bond acceptors (Lipinski definition) is 4. The molecule has 1 aromatic rings. The van der Waals surface area contributed by atoms with Crippen molar-refractivity contribution in [3.8, 4) is 0 Å². The maximum absolute atomic E-state index is 4.49. The number of nitrogens with one attached hydrogen (secondary N) is 1. The van der Waals surface area contributed by atoms with Gasteiger partial charge in [0.15, 0.2) is 5.96 Å². The molecule has 1 aliphatic carbocycles. The highest BCUT2D eigenvalue weighted by atomic mass is 15.4. The molecule has 0 unspecified atom stereocenters. The molecule has 0 aromatic carbocycles. The minimum absolute atomic E-state index is 0.600. The van der Waals surface area contributed by atoms with E-state index in [1.165, 1.54) is 32.1 Å². The van der Waals surface area contributed by atoms with Crippen LogP contribution in [-0.2, 0) is 0 Å². The Bertz CT molecular complexity index is 475. The first-order valence-corrected chi connectivity index (χ1v) is 8.37. The van der Waals surface area contributed by atoms with Gasteiger partial charge in [-0.2, -0.15) is 0 Å². The number of guanidine groups is 1. The van der Waals surface area contributed by atoms with Crippen molar-refractivity contribution < 1.29 is 0 Å². The van der Waals surface area contributed by atoms with E-state index in [1.54, 1.807) is 12.4 Å². The van der Waals surface area contributed by atoms with Crippen molar-refractivity contribution in [2.75, 3.05) is 38.1 Å². The van der Waals surface area contributed by atoms with Crippen LogP contribution >= 0.6 is 0 Å². The van der Waals surface area contributed by atoms with Crippen LogP contribution in [0.1, 0.15) is 32.1 Å². The largest absolute Gasteiger partial charge is 0.354 e. The van der Waals surface area contributed by atoms with Crippen molar-refractivity contribution in [2.45, 2.75) is 38.1 Å². The average Bonchev–Trinajstić information content (AvgIpc) is 2.61. The van der Waals surface area contributed by atoms with E-state index in [-0.39, 0.29) is 0 Å². The molecule has 120 valence electrons. The SMILES string of the molecule is CN=C(NC1CCCCC1)N1CCN(c2ncccn2)CC1. The van der Waals surface area contributed by atoms with Crippen LogP contribution in [0.2, 0.25) is 0 Å². The summed E-state index contributed by atoms with van der Waals surface area (Å²) in [7, 11) is 1.89. The zero-order chi connectivity index (χ0) is 15.2. The Morgan fingerprint density at radius 3 is 2.41 bits per heavy atom. The van der Waals surface area contributed by atoms with Gasteiger partial charge in [-0.1, -0.05) is 19.3 Å². The van der Waals surface area contributed by atoms with Gasteiger partial charge in [-0.05, 0) is 18.9 Å². The van der Waals surface area contributed by atoms with E-state index in [0.717, 1.165) is 38.1 Å². The van der Waals surface area contributed by atoms with E-state index in [1.807, 2.05) is 13.1 Å². The van der Waals surface area contributed by atoms with Crippen LogP contribution in [-0.4, -0.2) is 60.1 Å². The number of aliphatic imine (C=N–C) groups is 1. The van der Waals surface area contributed by atoms with Crippen LogP contribution in [0.4, 0.5) is 5.95 Å². The monoisotopic (exact) mass is 302 g/mol. The zero-order valence-corrected chi connectivity index (χ0v) is 13.4. The summed E-state index contributed by atoms with van der Waals surface area (Å²) in [5.74, 6) is 1.89. The second-order valence-electron chi connectivity index (χ2n) is 6.05. The molecule has 0 bridgehead atoms. The van der Waals surface area contributed by atoms with Gasteiger partial charge in [0.05, 0.1) is 0 Å². The van der Waals surface area contributed by atoms with Crippen molar-refractivity contribution in [3.63, 3.8) is 0 Å². The molecule has 0 radical (unpaired) electrons. The molecule has 0 spiro atoms. The van der Waals surface area contributed by atoms with Crippen LogP contribution in [0.3, 0.4) is 0 Å². The van der Waals surface area contributed by atoms with E-state index in [9.17, 15) is 0 Å². The second-order valence-corrected chi connectivity index (χ2v) is 6.05. The van der Waals surface area contributed by atoms with Crippen molar-refractivity contribution >= 4 is 11.9 Å². The van der Waals surface area contributed by atoms with Crippen LogP contribution in [0.15, 0.2) is 23.5 Å². The molecule has 1 aliphatic heterocycles. The van der Waals surface area contributed by atoms with Gasteiger partial charge in [0, 0.05) is 51.7 Å². The number of anilines is 1. The Labute approximate surface area is 132 Å². The lowest BCUT2D eigenvalue weighted by atomic mass is 9.96. The minimum Gasteiger partial charge on any atom is -0.354 e. The highest BCUT2D eigenvalue weighted by Crippen LogP contribution is 2.18. The molecule has 1 aromatic heterocycles. The van der Waals surface area contributed by atoms with E-state index < -0.39 is 0 Å². The number of piperazine rings is 1. The Kier molecular flexibility index (Phi) is 5.08. The first-order valence-electron chi connectivity index (χ1n) is 8.37. The maximum atomic E-state index is 4.49. The maximum Gasteiger partial charge on any atom is 0.225 e. The van der Waals surface area contributed by atoms with Gasteiger partial charge >= 0.3 is 0 Å². The Hall–Kier alpha value is -1.85. The molecule has 6 nitrogen and oxygen atoms in total. The fourth-order valence-corrected chi connectivity index (χ4v) is 3.30. The van der Waals surface area contributed by atoms with E-state index in [4.69, 9.17) is 0 Å². The molecule has 3 rings (SSSR count). The van der Waals surface area contributed by atoms with Gasteiger partial charge in [0.2, 0.25) is 5.95 Å². The molecule has 0 atom stereocenters. The van der Waals surface area contributed by atoms with Gasteiger partial charge in [0.25, 0.3) is 0 Å². The predicted molar refractivity (Wildman–Crippen MR) is 89.2 cm³/mol. The summed E-state index contributed by atoms with van der Waals surface area (Å²) in [6.07, 6.45) is 10.2. The summed E-state index contributed by atoms with van der Waals surface area (Å²) < 4.78 is 0. The quantitative estimate of drug-likeness (QED) is 0.663. The lowest BCUT2D eigenvalue weighted by Crippen LogP contribution is -2.54. The highest BCUT2D eigenvalue weighted by Gasteiger charge is 2.23. The Morgan fingerprint density at radius 1 is 1.09 bits per heavy atom. The molecule has 6 heteroatoms. The molecule has 1 saturated heterocycles. The fourth-order valence-electron chi connectivity index (χ4n) is 3.30. The van der Waals surface area contributed by atoms with Crippen molar-refractivity contribution in [1.29, 1.82) is 0 Å². The van der Waals surface area contributed by atoms with Crippen LogP contribution in [0.5, 0.6) is 0 Å². The predicted octanol–water partition coefficient (Wildman–Crippen LogP) is 1.51. The Morgan fingerprint density at radius 2 is 1.77 bits per heavy atom. The molecule has 22 heavy (non-hydrogen) atoms. The fraction of sp³-hybridized carbons (Fsp3) is 0.688. The van der Waals surface area contributed by atoms with Crippen LogP contribution in [0.25, 0.3) is 0 Å². The molecular weight excluding hydrogens is 276 g/mol. The highest BCUT2D eigenvalue weighted by molar-refractivity contribution is 5.80. The van der Waals surface area contributed by atoms with Gasteiger partial charge < -0.3 is 15.1 Å². The van der Waals surface area contributed by atoms with E-state index in [0.29, 0.717) is 6.04 Å². The second kappa shape index (κ2) is 7.42. The molecule has 1 saturated carbocycles. The summed E-state index contributed by atoms with van der Waals surface area (Å²) in [4.78, 5) is 17.8. The van der Waals surface area contributed by atoms with Crippen molar-refractivity contribution in [1.82, 2.24) is 20.2 Å². The molecule has 2 heterocycles. The molecule has 2 fully saturated rings. The van der Waals surface area contributed by atoms with E-state index in [2.05, 4.69) is 30.1 Å². The van der Waals surface area contributed by atoms with Gasteiger partial charge in [0.1, 0.15) is 0 Å². The third-order valence-electron chi connectivity index (χ3n) is 4.56. The van der Waals surface area contributed by atoms with E-state index >= 15 is 0 Å². The van der Waals surface area contributed by atoms with Crippen molar-refractivity contribution in [2.24, 2.45) is 4.99 Å². The minimum atomic E-state index is 0.600. The summed E-state index contributed by atoms with van der Waals surface area (Å²) >= 11 is 0.